The first-order chi connectivity index (χ1) is 14.0. The van der Waals surface area contributed by atoms with Gasteiger partial charge in [0, 0.05) is 29.9 Å². The molecule has 4 nitrogen and oxygen atoms in total. The maximum Gasteiger partial charge on any atom is 0.305 e. The van der Waals surface area contributed by atoms with E-state index in [1.165, 1.54) is 12.7 Å². The first-order valence-corrected chi connectivity index (χ1v) is 10.5. The molecule has 0 aliphatic carbocycles. The van der Waals surface area contributed by atoms with Crippen LogP contribution in [0, 0.1) is 0 Å². The fraction of sp³-hybridized carbons (Fsp3) is 0.417. The Hall–Kier alpha value is -2.33. The SMILES string of the molecule is COC(=O)CCCC1(c2ccccc2)CCCN(C(=O)Cc2ccc(Cl)cc2)C1. The standard InChI is InChI=1S/C24H28ClNO3/c1-29-23(28)9-5-14-24(20-7-3-2-4-8-20)15-6-16-26(18-24)22(27)17-19-10-12-21(25)13-11-19/h2-4,7-8,10-13H,5-6,9,14-18H2,1H3. The molecule has 1 fully saturated rings. The molecule has 5 heteroatoms. The number of piperidine rings is 1. The van der Waals surface area contributed by atoms with Crippen LogP contribution in [0.1, 0.15) is 43.2 Å². The van der Waals surface area contributed by atoms with Crippen LogP contribution < -0.4 is 0 Å². The van der Waals surface area contributed by atoms with Gasteiger partial charge in [-0.2, -0.15) is 0 Å². The average molecular weight is 414 g/mol. The third kappa shape index (κ3) is 5.60. The number of ether oxygens (including phenoxy) is 1. The maximum absolute atomic E-state index is 13.0. The number of nitrogens with zero attached hydrogens (tertiary/aromatic N) is 1. The fourth-order valence-electron chi connectivity index (χ4n) is 4.28. The van der Waals surface area contributed by atoms with Crippen molar-refractivity contribution in [3.8, 4) is 0 Å². The quantitative estimate of drug-likeness (QED) is 0.613. The lowest BCUT2D eigenvalue weighted by molar-refractivity contribution is -0.141. The molecule has 0 saturated carbocycles. The minimum atomic E-state index is -0.181. The van der Waals surface area contributed by atoms with Crippen LogP contribution in [0.5, 0.6) is 0 Å². The van der Waals surface area contributed by atoms with E-state index in [0.717, 1.165) is 37.8 Å². The Balaban J connectivity index is 1.74. The van der Waals surface area contributed by atoms with Gasteiger partial charge in [0.2, 0.25) is 5.91 Å². The molecule has 154 valence electrons. The number of rotatable bonds is 7. The number of hydrogen-bond acceptors (Lipinski definition) is 3. The first kappa shape index (κ1) is 21.4. The molecule has 3 rings (SSSR count). The normalized spacial score (nSPS) is 19.0. The number of halogens is 1. The van der Waals surface area contributed by atoms with E-state index < -0.39 is 0 Å². The van der Waals surface area contributed by atoms with Gasteiger partial charge < -0.3 is 9.64 Å². The Morgan fingerprint density at radius 2 is 1.83 bits per heavy atom. The van der Waals surface area contributed by atoms with E-state index in [-0.39, 0.29) is 17.3 Å². The molecule has 0 spiro atoms. The van der Waals surface area contributed by atoms with Gasteiger partial charge >= 0.3 is 5.97 Å². The van der Waals surface area contributed by atoms with Crippen LogP contribution in [0.3, 0.4) is 0 Å². The molecule has 1 amide bonds. The zero-order chi connectivity index (χ0) is 20.7. The van der Waals surface area contributed by atoms with E-state index in [1.54, 1.807) is 0 Å². The summed E-state index contributed by atoms with van der Waals surface area (Å²) in [6.07, 6.45) is 4.37. The van der Waals surface area contributed by atoms with Gasteiger partial charge in [0.1, 0.15) is 0 Å². The summed E-state index contributed by atoms with van der Waals surface area (Å²) < 4.78 is 4.80. The summed E-state index contributed by atoms with van der Waals surface area (Å²) in [4.78, 5) is 26.6. The van der Waals surface area contributed by atoms with Gasteiger partial charge in [0.15, 0.2) is 0 Å². The predicted molar refractivity (Wildman–Crippen MR) is 115 cm³/mol. The molecule has 0 aromatic heterocycles. The Morgan fingerprint density at radius 3 is 2.52 bits per heavy atom. The maximum atomic E-state index is 13.0. The largest absolute Gasteiger partial charge is 0.469 e. The second-order valence-electron chi connectivity index (χ2n) is 7.80. The molecule has 1 saturated heterocycles. The third-order valence-electron chi connectivity index (χ3n) is 5.85. The Morgan fingerprint density at radius 1 is 1.10 bits per heavy atom. The number of hydrogen-bond donors (Lipinski definition) is 0. The van der Waals surface area contributed by atoms with Crippen molar-refractivity contribution in [3.63, 3.8) is 0 Å². The van der Waals surface area contributed by atoms with E-state index in [2.05, 4.69) is 12.1 Å². The molecule has 0 N–H and O–H groups in total. The van der Waals surface area contributed by atoms with Gasteiger partial charge in [-0.15, -0.1) is 0 Å². The lowest BCUT2D eigenvalue weighted by atomic mass is 9.70. The number of methoxy groups -OCH3 is 1. The summed E-state index contributed by atoms with van der Waals surface area (Å²) in [6.45, 7) is 1.46. The second-order valence-corrected chi connectivity index (χ2v) is 8.23. The molecule has 2 aromatic rings. The lowest BCUT2D eigenvalue weighted by Crippen LogP contribution is -2.49. The highest BCUT2D eigenvalue weighted by atomic mass is 35.5. The number of amides is 1. The first-order valence-electron chi connectivity index (χ1n) is 10.2. The van der Waals surface area contributed by atoms with Crippen LogP contribution >= 0.6 is 11.6 Å². The molecular formula is C24H28ClNO3. The van der Waals surface area contributed by atoms with Crippen LogP contribution in [0.25, 0.3) is 0 Å². The van der Waals surface area contributed by atoms with Gasteiger partial charge in [-0.3, -0.25) is 9.59 Å². The summed E-state index contributed by atoms with van der Waals surface area (Å²) in [7, 11) is 1.42. The van der Waals surface area contributed by atoms with Crippen LogP contribution in [0.4, 0.5) is 0 Å². The average Bonchev–Trinajstić information content (AvgIpc) is 2.76. The Kier molecular flexibility index (Phi) is 7.32. The summed E-state index contributed by atoms with van der Waals surface area (Å²) in [5.41, 5.74) is 2.10. The molecule has 1 heterocycles. The van der Waals surface area contributed by atoms with E-state index in [1.807, 2.05) is 47.4 Å². The molecule has 1 atom stereocenters. The highest BCUT2D eigenvalue weighted by Crippen LogP contribution is 2.39. The molecule has 2 aromatic carbocycles. The summed E-state index contributed by atoms with van der Waals surface area (Å²) in [6, 6.07) is 17.9. The molecule has 1 unspecified atom stereocenters. The van der Waals surface area contributed by atoms with Crippen molar-refractivity contribution < 1.29 is 14.3 Å². The van der Waals surface area contributed by atoms with E-state index in [9.17, 15) is 9.59 Å². The summed E-state index contributed by atoms with van der Waals surface area (Å²) in [5.74, 6) is -0.0417. The molecule has 29 heavy (non-hydrogen) atoms. The monoisotopic (exact) mass is 413 g/mol. The highest BCUT2D eigenvalue weighted by molar-refractivity contribution is 6.30. The fourth-order valence-corrected chi connectivity index (χ4v) is 4.41. The Bertz CT molecular complexity index is 822. The smallest absolute Gasteiger partial charge is 0.305 e. The van der Waals surface area contributed by atoms with Gasteiger partial charge in [-0.05, 0) is 48.9 Å². The van der Waals surface area contributed by atoms with Crippen molar-refractivity contribution in [2.45, 2.75) is 43.9 Å². The molecule has 1 aliphatic heterocycles. The van der Waals surface area contributed by atoms with Crippen molar-refractivity contribution in [1.82, 2.24) is 4.90 Å². The lowest BCUT2D eigenvalue weighted by Gasteiger charge is -2.44. The van der Waals surface area contributed by atoms with Gasteiger partial charge in [0.25, 0.3) is 0 Å². The minimum absolute atomic E-state index is 0.122. The second kappa shape index (κ2) is 9.93. The zero-order valence-corrected chi connectivity index (χ0v) is 17.7. The molecule has 1 aliphatic rings. The topological polar surface area (TPSA) is 46.6 Å². The number of carbonyl (C=O) groups excluding carboxylic acids is 2. The van der Waals surface area contributed by atoms with Crippen molar-refractivity contribution in [3.05, 3.63) is 70.7 Å². The molecule has 0 radical (unpaired) electrons. The number of likely N-dealkylation sites (tertiary alicyclic amines) is 1. The van der Waals surface area contributed by atoms with Crippen LogP contribution in [-0.2, 0) is 26.2 Å². The van der Waals surface area contributed by atoms with E-state index in [0.29, 0.717) is 24.4 Å². The highest BCUT2D eigenvalue weighted by Gasteiger charge is 2.38. The zero-order valence-electron chi connectivity index (χ0n) is 16.9. The van der Waals surface area contributed by atoms with E-state index >= 15 is 0 Å². The van der Waals surface area contributed by atoms with Gasteiger partial charge in [0.05, 0.1) is 13.5 Å². The van der Waals surface area contributed by atoms with Crippen molar-refractivity contribution in [2.75, 3.05) is 20.2 Å². The van der Waals surface area contributed by atoms with Crippen LogP contribution in [0.15, 0.2) is 54.6 Å². The Labute approximate surface area is 177 Å². The van der Waals surface area contributed by atoms with Gasteiger partial charge in [-0.1, -0.05) is 54.1 Å². The molecular weight excluding hydrogens is 386 g/mol. The number of esters is 1. The summed E-state index contributed by atoms with van der Waals surface area (Å²) >= 11 is 5.96. The minimum Gasteiger partial charge on any atom is -0.469 e. The predicted octanol–water partition coefficient (Wildman–Crippen LogP) is 4.79. The van der Waals surface area contributed by atoms with Gasteiger partial charge in [-0.25, -0.2) is 0 Å². The molecule has 0 bridgehead atoms. The van der Waals surface area contributed by atoms with Crippen molar-refractivity contribution >= 4 is 23.5 Å². The number of benzene rings is 2. The van der Waals surface area contributed by atoms with Crippen LogP contribution in [0.2, 0.25) is 5.02 Å². The van der Waals surface area contributed by atoms with Crippen LogP contribution in [-0.4, -0.2) is 37.0 Å². The summed E-state index contributed by atoms with van der Waals surface area (Å²) in [5, 5.41) is 0.674. The number of carbonyl (C=O) groups is 2. The van der Waals surface area contributed by atoms with Crippen molar-refractivity contribution in [2.24, 2.45) is 0 Å². The van der Waals surface area contributed by atoms with Crippen molar-refractivity contribution in [1.29, 1.82) is 0 Å². The third-order valence-corrected chi connectivity index (χ3v) is 6.10. The van der Waals surface area contributed by atoms with E-state index in [4.69, 9.17) is 16.3 Å².